The minimum absolute atomic E-state index is 0.217. The van der Waals surface area contributed by atoms with Crippen LogP contribution >= 0.6 is 23.2 Å². The van der Waals surface area contributed by atoms with Crippen LogP contribution < -0.4 is 26.2 Å². The van der Waals surface area contributed by atoms with Crippen LogP contribution in [-0.4, -0.2) is 89.7 Å². The van der Waals surface area contributed by atoms with Crippen LogP contribution in [-0.2, 0) is 14.1 Å². The molecule has 0 unspecified atom stereocenters. The number of nitrogens with one attached hydrogen (secondary N) is 4. The number of nitrogens with zero attached hydrogens (tertiary/aromatic N) is 4. The number of anilines is 4. The number of alkyl halides is 2. The lowest BCUT2D eigenvalue weighted by atomic mass is 10.1. The van der Waals surface area contributed by atoms with Gasteiger partial charge in [0.25, 0.3) is 23.6 Å². The van der Waals surface area contributed by atoms with Crippen molar-refractivity contribution < 1.29 is 19.2 Å². The number of amides is 4. The molecular weight excluding hydrogens is 667 g/mol. The molecule has 4 amide bonds. The molecule has 2 heterocycles. The summed E-state index contributed by atoms with van der Waals surface area (Å²) < 4.78 is 3.27. The summed E-state index contributed by atoms with van der Waals surface area (Å²) in [5.74, 6) is -0.489. The van der Waals surface area contributed by atoms with Gasteiger partial charge in [-0.1, -0.05) is 0 Å². The summed E-state index contributed by atoms with van der Waals surface area (Å²) in [7, 11) is 7.40. The molecule has 4 N–H and O–H groups in total. The van der Waals surface area contributed by atoms with Crippen LogP contribution in [0.1, 0.15) is 48.1 Å². The van der Waals surface area contributed by atoms with Crippen LogP contribution in [0.5, 0.6) is 0 Å². The maximum Gasteiger partial charge on any atom is 0.274 e. The lowest BCUT2D eigenvalue weighted by Crippen LogP contribution is -2.28. The highest BCUT2D eigenvalue weighted by Gasteiger charge is 2.19. The Morgan fingerprint density at radius 3 is 1.90 bits per heavy atom. The molecule has 0 fully saturated rings. The lowest BCUT2D eigenvalue weighted by molar-refractivity contribution is 0.0942. The largest absolute Gasteiger partial charge is 0.369 e. The van der Waals surface area contributed by atoms with Crippen molar-refractivity contribution in [2.24, 2.45) is 14.1 Å². The average molecular weight is 710 g/mol. The van der Waals surface area contributed by atoms with E-state index in [0.29, 0.717) is 65.3 Å². The third-order valence-corrected chi connectivity index (χ3v) is 8.05. The molecule has 2 aromatic heterocycles. The molecule has 4 aromatic rings. The third kappa shape index (κ3) is 10.1. The van der Waals surface area contributed by atoms with Crippen molar-refractivity contribution in [2.75, 3.05) is 72.9 Å². The Morgan fingerprint density at radius 1 is 0.694 bits per heavy atom. The summed E-state index contributed by atoms with van der Waals surface area (Å²) in [6.45, 7) is 2.68. The van der Waals surface area contributed by atoms with Crippen molar-refractivity contribution in [3.8, 4) is 0 Å². The van der Waals surface area contributed by atoms with E-state index in [-0.39, 0.29) is 23.4 Å². The fourth-order valence-corrected chi connectivity index (χ4v) is 5.56. The van der Waals surface area contributed by atoms with Crippen molar-refractivity contribution in [1.29, 1.82) is 0 Å². The van der Waals surface area contributed by atoms with Crippen LogP contribution in [0, 0.1) is 0 Å². The maximum absolute atomic E-state index is 13.3. The van der Waals surface area contributed by atoms with E-state index in [4.69, 9.17) is 23.2 Å². The Labute approximate surface area is 296 Å². The number of hydrogen-bond acceptors (Lipinski definition) is 6. The van der Waals surface area contributed by atoms with Gasteiger partial charge in [-0.15, -0.1) is 23.2 Å². The Hall–Kier alpha value is -4.78. The van der Waals surface area contributed by atoms with Crippen molar-refractivity contribution in [2.45, 2.75) is 6.42 Å². The average Bonchev–Trinajstić information content (AvgIpc) is 3.63. The van der Waals surface area contributed by atoms with Crippen LogP contribution in [0.4, 0.5) is 22.7 Å². The molecule has 0 aliphatic carbocycles. The van der Waals surface area contributed by atoms with Gasteiger partial charge in [-0.05, 0) is 87.7 Å². The van der Waals surface area contributed by atoms with E-state index in [9.17, 15) is 19.2 Å². The van der Waals surface area contributed by atoms with E-state index in [1.165, 1.54) is 0 Å². The number of carbonyl (C=O) groups excluding carboxylic acids is 4. The molecule has 0 spiro atoms. The molecule has 2 aromatic carbocycles. The van der Waals surface area contributed by atoms with Gasteiger partial charge in [0.15, 0.2) is 0 Å². The predicted molar refractivity (Wildman–Crippen MR) is 197 cm³/mol. The molecular formula is C35H42Cl2N8O4. The smallest absolute Gasteiger partial charge is 0.274 e. The minimum Gasteiger partial charge on any atom is -0.369 e. The molecule has 0 aliphatic rings. The summed E-state index contributed by atoms with van der Waals surface area (Å²) in [5, 5.41) is 11.4. The lowest BCUT2D eigenvalue weighted by Gasteiger charge is -2.23. The number of rotatable bonds is 16. The summed E-state index contributed by atoms with van der Waals surface area (Å²) in [6.07, 6.45) is 4.18. The second-order valence-electron chi connectivity index (χ2n) is 11.7. The highest BCUT2D eigenvalue weighted by Crippen LogP contribution is 2.22. The van der Waals surface area contributed by atoms with Crippen LogP contribution in [0.3, 0.4) is 0 Å². The highest BCUT2D eigenvalue weighted by molar-refractivity contribution is 6.18. The van der Waals surface area contributed by atoms with Gasteiger partial charge in [0.05, 0.1) is 11.4 Å². The topological polar surface area (TPSA) is 133 Å². The van der Waals surface area contributed by atoms with Gasteiger partial charge < -0.3 is 40.2 Å². The Bertz CT molecular complexity index is 1740. The number of aromatic nitrogens is 2. The van der Waals surface area contributed by atoms with Crippen molar-refractivity contribution in [3.05, 3.63) is 95.6 Å². The summed E-state index contributed by atoms with van der Waals surface area (Å²) in [6, 6.07) is 16.8. The normalized spacial score (nSPS) is 10.9. The first-order chi connectivity index (χ1) is 23.5. The Kier molecular flexibility index (Phi) is 13.3. The predicted octanol–water partition coefficient (Wildman–Crippen LogP) is 5.09. The molecule has 4 rings (SSSR count). The van der Waals surface area contributed by atoms with E-state index in [2.05, 4.69) is 26.2 Å². The van der Waals surface area contributed by atoms with Crippen molar-refractivity contribution in [3.63, 3.8) is 0 Å². The molecule has 49 heavy (non-hydrogen) atoms. The minimum atomic E-state index is -0.440. The van der Waals surface area contributed by atoms with Gasteiger partial charge in [-0.25, -0.2) is 0 Å². The van der Waals surface area contributed by atoms with E-state index >= 15 is 0 Å². The molecule has 0 saturated heterocycles. The van der Waals surface area contributed by atoms with Gasteiger partial charge in [-0.2, -0.15) is 0 Å². The van der Waals surface area contributed by atoms with E-state index in [1.54, 1.807) is 84.2 Å². The molecule has 0 radical (unpaired) electrons. The Balaban J connectivity index is 1.35. The van der Waals surface area contributed by atoms with Gasteiger partial charge in [0, 0.05) is 80.4 Å². The third-order valence-electron chi connectivity index (χ3n) is 7.71. The van der Waals surface area contributed by atoms with Crippen molar-refractivity contribution in [1.82, 2.24) is 19.4 Å². The first-order valence-electron chi connectivity index (χ1n) is 15.8. The molecule has 0 bridgehead atoms. The number of halogens is 2. The quantitative estimate of drug-likeness (QED) is 0.0948. The SMILES string of the molecule is CN(C)CCCNC(=O)c1cc(NC(=O)c2ccc(NC(=O)c3c(NC(=O)c4ccc(N(CCCl)CCCl)cc4)ccn3C)cc2)cn1C. The number of benzene rings is 2. The van der Waals surface area contributed by atoms with E-state index in [1.807, 2.05) is 31.1 Å². The molecule has 12 nitrogen and oxygen atoms in total. The Morgan fingerprint density at radius 2 is 1.29 bits per heavy atom. The number of carbonyl (C=O) groups is 4. The van der Waals surface area contributed by atoms with Crippen LogP contribution in [0.25, 0.3) is 0 Å². The van der Waals surface area contributed by atoms with Gasteiger partial charge in [0.2, 0.25) is 0 Å². The number of aryl methyl sites for hydroxylation is 2. The summed E-state index contributed by atoms with van der Waals surface area (Å²) >= 11 is 11.8. The zero-order chi connectivity index (χ0) is 35.5. The first-order valence-corrected chi connectivity index (χ1v) is 16.8. The molecule has 14 heteroatoms. The molecule has 0 aliphatic heterocycles. The molecule has 0 atom stereocenters. The second kappa shape index (κ2) is 17.6. The van der Waals surface area contributed by atoms with Gasteiger partial charge in [-0.3, -0.25) is 19.2 Å². The molecule has 0 saturated carbocycles. The summed E-state index contributed by atoms with van der Waals surface area (Å²) in [4.78, 5) is 56.0. The van der Waals surface area contributed by atoms with Crippen molar-refractivity contribution >= 4 is 69.6 Å². The maximum atomic E-state index is 13.3. The van der Waals surface area contributed by atoms with E-state index < -0.39 is 5.91 Å². The standard InChI is InChI=1S/C35H42Cl2N8O4/c1-42(2)18-5-17-38-34(48)30-22-27(23-44(30)4)40-32(46)24-6-10-26(11-7-24)39-35(49)31-29(14-19-43(31)3)41-33(47)25-8-12-28(13-9-25)45(20-15-36)21-16-37/h6-14,19,22-23H,5,15-18,20-21H2,1-4H3,(H,38,48)(H,39,49)(H,40,46)(H,41,47). The van der Waals surface area contributed by atoms with Crippen LogP contribution in [0.15, 0.2) is 73.1 Å². The zero-order valence-corrected chi connectivity index (χ0v) is 29.6. The first kappa shape index (κ1) is 37.0. The highest BCUT2D eigenvalue weighted by atomic mass is 35.5. The monoisotopic (exact) mass is 708 g/mol. The zero-order valence-electron chi connectivity index (χ0n) is 28.1. The second-order valence-corrected chi connectivity index (χ2v) is 12.4. The fourth-order valence-electron chi connectivity index (χ4n) is 5.15. The molecule has 260 valence electrons. The van der Waals surface area contributed by atoms with Crippen LogP contribution in [0.2, 0.25) is 0 Å². The van der Waals surface area contributed by atoms with E-state index in [0.717, 1.165) is 18.7 Å². The fraction of sp³-hybridized carbons (Fsp3) is 0.314. The van der Waals surface area contributed by atoms with Gasteiger partial charge in [0.1, 0.15) is 11.4 Å². The summed E-state index contributed by atoms with van der Waals surface area (Å²) in [5.41, 5.74) is 3.67. The van der Waals surface area contributed by atoms with Gasteiger partial charge >= 0.3 is 0 Å². The number of hydrogen-bond donors (Lipinski definition) is 4.